The molecule has 2 heterocycles. The lowest BCUT2D eigenvalue weighted by atomic mass is 9.83. The van der Waals surface area contributed by atoms with Gasteiger partial charge in [0.1, 0.15) is 0 Å². The lowest BCUT2D eigenvalue weighted by molar-refractivity contribution is 0.0644. The third-order valence-corrected chi connectivity index (χ3v) is 12.0. The van der Waals surface area contributed by atoms with Gasteiger partial charge in [0.25, 0.3) is 11.8 Å². The fourth-order valence-electron chi connectivity index (χ4n) is 8.50. The number of piperidine rings is 2. The van der Waals surface area contributed by atoms with E-state index in [0.717, 1.165) is 87.0 Å². The van der Waals surface area contributed by atoms with Crippen molar-refractivity contribution in [3.8, 4) is 56.8 Å². The summed E-state index contributed by atoms with van der Waals surface area (Å²) < 4.78 is 33.1. The molecular weight excluding hydrogens is 770 g/mol. The number of nitrogens with zero attached hydrogens (tertiary/aromatic N) is 3. The van der Waals surface area contributed by atoms with Crippen LogP contribution in [0.2, 0.25) is 0 Å². The SMILES string of the molecule is COc1cc(-c2ccc(C(=O)N3CCC(CC(CC4CCN(C(=O)c5ccc(-c6cc(OC)c(OC)c(OC)c6)cc5)CC4)N(C)C)CC3)cc2)cc(OC)c1OC.Cl. The van der Waals surface area contributed by atoms with Gasteiger partial charge in [-0.15, -0.1) is 12.4 Å². The molecule has 2 aliphatic rings. The average Bonchev–Trinajstić information content (AvgIpc) is 3.27. The van der Waals surface area contributed by atoms with E-state index >= 15 is 0 Å². The molecule has 4 aromatic carbocycles. The molecule has 0 spiro atoms. The van der Waals surface area contributed by atoms with Crippen LogP contribution in [-0.4, -0.2) is 115 Å². The summed E-state index contributed by atoms with van der Waals surface area (Å²) in [6, 6.07) is 23.6. The van der Waals surface area contributed by atoms with Crippen LogP contribution in [0, 0.1) is 11.8 Å². The molecule has 0 aliphatic carbocycles. The van der Waals surface area contributed by atoms with Crippen molar-refractivity contribution in [1.29, 1.82) is 0 Å². The molecule has 12 heteroatoms. The number of methoxy groups -OCH3 is 6. The number of carbonyl (C=O) groups is 2. The molecule has 2 amide bonds. The van der Waals surface area contributed by atoms with E-state index in [9.17, 15) is 9.59 Å². The minimum Gasteiger partial charge on any atom is -0.493 e. The maximum atomic E-state index is 13.6. The summed E-state index contributed by atoms with van der Waals surface area (Å²) >= 11 is 0. The van der Waals surface area contributed by atoms with E-state index in [-0.39, 0.29) is 24.2 Å². The molecule has 0 unspecified atom stereocenters. The minimum atomic E-state index is 0. The van der Waals surface area contributed by atoms with Crippen LogP contribution >= 0.6 is 12.4 Å². The Bertz CT molecular complexity index is 1820. The highest BCUT2D eigenvalue weighted by atomic mass is 35.5. The van der Waals surface area contributed by atoms with E-state index in [4.69, 9.17) is 28.4 Å². The molecule has 2 saturated heterocycles. The lowest BCUT2D eigenvalue weighted by Gasteiger charge is -2.38. The van der Waals surface area contributed by atoms with Crippen LogP contribution in [0.25, 0.3) is 22.3 Å². The predicted octanol–water partition coefficient (Wildman–Crippen LogP) is 8.61. The number of rotatable bonds is 15. The van der Waals surface area contributed by atoms with Crippen molar-refractivity contribution in [2.24, 2.45) is 11.8 Å². The summed E-state index contributed by atoms with van der Waals surface area (Å²) in [6.07, 6.45) is 6.26. The van der Waals surface area contributed by atoms with Gasteiger partial charge < -0.3 is 43.1 Å². The summed E-state index contributed by atoms with van der Waals surface area (Å²) in [5, 5.41) is 0. The van der Waals surface area contributed by atoms with Crippen LogP contribution < -0.4 is 28.4 Å². The Morgan fingerprint density at radius 3 is 1.08 bits per heavy atom. The van der Waals surface area contributed by atoms with Crippen LogP contribution in [0.5, 0.6) is 34.5 Å². The molecule has 0 bridgehead atoms. The van der Waals surface area contributed by atoms with Crippen LogP contribution in [0.4, 0.5) is 0 Å². The maximum absolute atomic E-state index is 13.6. The molecule has 0 atom stereocenters. The van der Waals surface area contributed by atoms with Gasteiger partial charge in [0.05, 0.1) is 42.7 Å². The second-order valence-corrected chi connectivity index (χ2v) is 15.5. The van der Waals surface area contributed by atoms with Gasteiger partial charge in [-0.3, -0.25) is 9.59 Å². The van der Waals surface area contributed by atoms with Gasteiger partial charge >= 0.3 is 0 Å². The normalized spacial score (nSPS) is 14.8. The molecule has 0 aromatic heterocycles. The van der Waals surface area contributed by atoms with Crippen molar-refractivity contribution < 1.29 is 38.0 Å². The van der Waals surface area contributed by atoms with E-state index in [2.05, 4.69) is 19.0 Å². The van der Waals surface area contributed by atoms with Crippen LogP contribution in [-0.2, 0) is 0 Å². The number of ether oxygens (including phenoxy) is 6. The number of carbonyl (C=O) groups excluding carboxylic acids is 2. The molecular formula is C47H60ClN3O8. The Morgan fingerprint density at radius 2 is 0.831 bits per heavy atom. The van der Waals surface area contributed by atoms with E-state index in [0.29, 0.717) is 63.5 Å². The molecule has 2 aliphatic heterocycles. The molecule has 0 radical (unpaired) electrons. The van der Waals surface area contributed by atoms with Gasteiger partial charge in [-0.25, -0.2) is 0 Å². The van der Waals surface area contributed by atoms with Crippen molar-refractivity contribution in [2.45, 2.75) is 44.6 Å². The van der Waals surface area contributed by atoms with E-state index in [1.807, 2.05) is 82.6 Å². The van der Waals surface area contributed by atoms with Crippen molar-refractivity contribution in [3.05, 3.63) is 83.9 Å². The Hall–Kier alpha value is -5.13. The number of hydrogen-bond donors (Lipinski definition) is 0. The first kappa shape index (κ1) is 45.0. The molecule has 59 heavy (non-hydrogen) atoms. The second kappa shape index (κ2) is 20.7. The fraction of sp³-hybridized carbons (Fsp3) is 0.447. The molecule has 2 fully saturated rings. The summed E-state index contributed by atoms with van der Waals surface area (Å²) in [7, 11) is 14.0. The standard InChI is InChI=1S/C47H59N3O8.ClH/c1-48(2)39(25-31-17-21-49(22-18-31)46(51)35-13-9-33(10-14-35)37-27-40(53-3)44(57-7)41(28-37)54-4)26-32-19-23-50(24-20-32)47(52)36-15-11-34(12-16-36)38-29-42(55-5)45(58-8)43(30-38)56-6;/h9-16,27-32,39H,17-26H2,1-8H3;1H. The van der Waals surface area contributed by atoms with E-state index in [1.54, 1.807) is 42.7 Å². The first-order valence-electron chi connectivity index (χ1n) is 20.2. The first-order chi connectivity index (χ1) is 28.1. The quantitative estimate of drug-likeness (QED) is 0.117. The monoisotopic (exact) mass is 829 g/mol. The Kier molecular flexibility index (Phi) is 15.8. The summed E-state index contributed by atoms with van der Waals surface area (Å²) in [4.78, 5) is 33.5. The molecule has 0 N–H and O–H groups in total. The summed E-state index contributed by atoms with van der Waals surface area (Å²) in [6.45, 7) is 3.06. The highest BCUT2D eigenvalue weighted by Gasteiger charge is 2.30. The first-order valence-corrected chi connectivity index (χ1v) is 20.2. The second-order valence-electron chi connectivity index (χ2n) is 15.5. The number of hydrogen-bond acceptors (Lipinski definition) is 9. The summed E-state index contributed by atoms with van der Waals surface area (Å²) in [5.41, 5.74) is 5.14. The minimum absolute atomic E-state index is 0. The van der Waals surface area contributed by atoms with Crippen molar-refractivity contribution >= 4 is 24.2 Å². The van der Waals surface area contributed by atoms with E-state index < -0.39 is 0 Å². The Labute approximate surface area is 355 Å². The summed E-state index contributed by atoms with van der Waals surface area (Å²) in [5.74, 6) is 4.74. The van der Waals surface area contributed by atoms with Crippen molar-refractivity contribution in [2.75, 3.05) is 82.9 Å². The van der Waals surface area contributed by atoms with Gasteiger partial charge in [-0.2, -0.15) is 0 Å². The van der Waals surface area contributed by atoms with Crippen molar-refractivity contribution in [3.63, 3.8) is 0 Å². The predicted molar refractivity (Wildman–Crippen MR) is 234 cm³/mol. The molecule has 318 valence electrons. The third-order valence-electron chi connectivity index (χ3n) is 12.0. The number of likely N-dealkylation sites (tertiary alicyclic amines) is 2. The zero-order valence-electron chi connectivity index (χ0n) is 35.7. The molecule has 0 saturated carbocycles. The average molecular weight is 830 g/mol. The zero-order valence-corrected chi connectivity index (χ0v) is 36.6. The van der Waals surface area contributed by atoms with Gasteiger partial charge in [-0.1, -0.05) is 24.3 Å². The third kappa shape index (κ3) is 10.4. The van der Waals surface area contributed by atoms with Gasteiger partial charge in [0, 0.05) is 43.3 Å². The Balaban J connectivity index is 0.00000661. The Morgan fingerprint density at radius 1 is 0.525 bits per heavy atom. The molecule has 4 aromatic rings. The van der Waals surface area contributed by atoms with Gasteiger partial charge in [0.2, 0.25) is 11.5 Å². The topological polar surface area (TPSA) is 99.2 Å². The van der Waals surface area contributed by atoms with Crippen LogP contribution in [0.15, 0.2) is 72.8 Å². The maximum Gasteiger partial charge on any atom is 0.253 e. The van der Waals surface area contributed by atoms with Gasteiger partial charge in [-0.05, 0) is 135 Å². The molecule has 11 nitrogen and oxygen atoms in total. The smallest absolute Gasteiger partial charge is 0.253 e. The van der Waals surface area contributed by atoms with Crippen molar-refractivity contribution in [1.82, 2.24) is 14.7 Å². The largest absolute Gasteiger partial charge is 0.493 e. The zero-order chi connectivity index (χ0) is 41.3. The number of amides is 2. The highest BCUT2D eigenvalue weighted by Crippen LogP contribution is 2.42. The van der Waals surface area contributed by atoms with Crippen LogP contribution in [0.3, 0.4) is 0 Å². The van der Waals surface area contributed by atoms with E-state index in [1.165, 1.54) is 0 Å². The number of halogens is 1. The van der Waals surface area contributed by atoms with Crippen LogP contribution in [0.1, 0.15) is 59.2 Å². The molecule has 6 rings (SSSR count). The van der Waals surface area contributed by atoms with Gasteiger partial charge in [0.15, 0.2) is 23.0 Å². The number of benzene rings is 4. The highest BCUT2D eigenvalue weighted by molar-refractivity contribution is 5.95. The fourth-order valence-corrected chi connectivity index (χ4v) is 8.50. The lowest BCUT2D eigenvalue weighted by Crippen LogP contribution is -2.42.